The van der Waals surface area contributed by atoms with E-state index in [1.54, 1.807) is 31.2 Å². The lowest BCUT2D eigenvalue weighted by molar-refractivity contribution is -0.120. The van der Waals surface area contributed by atoms with Crippen LogP contribution in [-0.4, -0.2) is 25.0 Å². The van der Waals surface area contributed by atoms with Crippen LogP contribution in [0.1, 0.15) is 18.4 Å². The highest BCUT2D eigenvalue weighted by atomic mass is 35.5. The zero-order valence-corrected chi connectivity index (χ0v) is 15.2. The summed E-state index contributed by atoms with van der Waals surface area (Å²) >= 11 is 12.3. The van der Waals surface area contributed by atoms with E-state index < -0.39 is 20.7 Å². The van der Waals surface area contributed by atoms with Crippen molar-refractivity contribution in [1.29, 1.82) is 0 Å². The van der Waals surface area contributed by atoms with Crippen molar-refractivity contribution in [2.75, 3.05) is 4.72 Å². The van der Waals surface area contributed by atoms with E-state index in [4.69, 9.17) is 23.2 Å². The van der Waals surface area contributed by atoms with E-state index >= 15 is 0 Å². The van der Waals surface area contributed by atoms with Crippen molar-refractivity contribution in [1.82, 2.24) is 5.32 Å². The molecule has 0 saturated carbocycles. The van der Waals surface area contributed by atoms with Gasteiger partial charge in [-0.25, -0.2) is 8.42 Å². The van der Waals surface area contributed by atoms with E-state index in [2.05, 4.69) is 10.0 Å². The number of carbonyl (C=O) groups excluding carboxylic acids is 1. The first-order chi connectivity index (χ1) is 11.3. The Labute approximate surface area is 150 Å². The van der Waals surface area contributed by atoms with Crippen LogP contribution in [0.25, 0.3) is 0 Å². The highest BCUT2D eigenvalue weighted by Gasteiger charge is 2.35. The molecule has 0 radical (unpaired) electrons. The fourth-order valence-electron chi connectivity index (χ4n) is 2.74. The summed E-state index contributed by atoms with van der Waals surface area (Å²) in [5.74, 6) is -0.124. The first-order valence-corrected chi connectivity index (χ1v) is 9.77. The van der Waals surface area contributed by atoms with Crippen LogP contribution in [0.4, 0.5) is 5.69 Å². The number of hydrogen-bond acceptors (Lipinski definition) is 3. The minimum Gasteiger partial charge on any atom is -0.326 e. The molecule has 1 heterocycles. The van der Waals surface area contributed by atoms with Crippen molar-refractivity contribution in [3.05, 3.63) is 52.2 Å². The van der Waals surface area contributed by atoms with Crippen molar-refractivity contribution in [2.24, 2.45) is 0 Å². The molecule has 1 saturated heterocycles. The zero-order chi connectivity index (χ0) is 17.5. The molecule has 2 N–H and O–H groups in total. The number of anilines is 1. The van der Waals surface area contributed by atoms with Crippen LogP contribution in [0, 0.1) is 6.92 Å². The van der Waals surface area contributed by atoms with Gasteiger partial charge in [0.05, 0.1) is 11.1 Å². The van der Waals surface area contributed by atoms with E-state index in [9.17, 15) is 13.2 Å². The monoisotopic (exact) mass is 386 g/mol. The molecule has 8 heteroatoms. The Hall–Kier alpha value is -1.50. The number of rotatable bonds is 3. The predicted molar refractivity (Wildman–Crippen MR) is 95.7 cm³/mol. The average Bonchev–Trinajstić information content (AvgIpc) is 2.51. The third-order valence-corrected chi connectivity index (χ3v) is 6.73. The molecule has 3 rings (SSSR count). The number of sulfonamides is 1. The molecule has 0 aromatic heterocycles. The molecule has 1 fully saturated rings. The fourth-order valence-corrected chi connectivity index (χ4v) is 4.95. The minimum absolute atomic E-state index is 0.124. The number of nitrogens with one attached hydrogen (secondary N) is 2. The summed E-state index contributed by atoms with van der Waals surface area (Å²) in [5.41, 5.74) is 2.45. The van der Waals surface area contributed by atoms with Gasteiger partial charge in [0.15, 0.2) is 0 Å². The third-order valence-electron chi connectivity index (χ3n) is 4.12. The summed E-state index contributed by atoms with van der Waals surface area (Å²) in [5, 5.41) is 1.48. The van der Waals surface area contributed by atoms with Gasteiger partial charge in [0.25, 0.3) is 0 Å². The zero-order valence-electron chi connectivity index (χ0n) is 12.8. The second kappa shape index (κ2) is 6.43. The van der Waals surface area contributed by atoms with Gasteiger partial charge in [0.2, 0.25) is 15.9 Å². The quantitative estimate of drug-likeness (QED) is 0.783. The topological polar surface area (TPSA) is 75.3 Å². The highest BCUT2D eigenvalue weighted by Crippen LogP contribution is 2.32. The number of halogens is 2. The molecule has 1 aliphatic heterocycles. The lowest BCUT2D eigenvalue weighted by atomic mass is 9.95. The standard InChI is InChI=1S/C16H16Cl2N2O3S/c1-9-11(17)3-2-4-13(9)20-24(22,23)15-8-14-10(7-12(15)18)5-6-16(21)19-14/h2-4,7-8,12,15,20H,5-6H2,1H3,(H,19,21). The summed E-state index contributed by atoms with van der Waals surface area (Å²) in [6.07, 6.45) is 4.15. The molecule has 1 aromatic rings. The molecule has 2 unspecified atom stereocenters. The predicted octanol–water partition coefficient (Wildman–Crippen LogP) is 3.10. The maximum atomic E-state index is 12.8. The number of carbonyl (C=O) groups is 1. The van der Waals surface area contributed by atoms with Gasteiger partial charge in [0.1, 0.15) is 5.25 Å². The molecular formula is C16H16Cl2N2O3S. The largest absolute Gasteiger partial charge is 0.326 e. The van der Waals surface area contributed by atoms with Gasteiger partial charge in [-0.05, 0) is 42.7 Å². The second-order valence-corrected chi connectivity index (χ2v) is 8.54. The van der Waals surface area contributed by atoms with Crippen molar-refractivity contribution in [2.45, 2.75) is 30.4 Å². The maximum absolute atomic E-state index is 12.8. The number of amides is 1. The molecule has 1 aliphatic carbocycles. The Balaban J connectivity index is 1.91. The lowest BCUT2D eigenvalue weighted by Gasteiger charge is -2.29. The Morgan fingerprint density at radius 3 is 2.75 bits per heavy atom. The number of allylic oxidation sites excluding steroid dienone is 2. The van der Waals surface area contributed by atoms with Gasteiger partial charge in [-0.15, -0.1) is 11.6 Å². The van der Waals surface area contributed by atoms with Crippen LogP contribution in [0.2, 0.25) is 5.02 Å². The Morgan fingerprint density at radius 1 is 1.25 bits per heavy atom. The second-order valence-electron chi connectivity index (χ2n) is 5.79. The lowest BCUT2D eigenvalue weighted by Crippen LogP contribution is -2.39. The van der Waals surface area contributed by atoms with Crippen LogP contribution in [-0.2, 0) is 14.8 Å². The smallest absolute Gasteiger partial charge is 0.241 e. The van der Waals surface area contributed by atoms with E-state index in [0.29, 0.717) is 34.8 Å². The van der Waals surface area contributed by atoms with Gasteiger partial charge >= 0.3 is 0 Å². The molecule has 0 spiro atoms. The Morgan fingerprint density at radius 2 is 2.00 bits per heavy atom. The highest BCUT2D eigenvalue weighted by molar-refractivity contribution is 7.93. The molecule has 2 atom stereocenters. The van der Waals surface area contributed by atoms with E-state index in [0.717, 1.165) is 5.57 Å². The van der Waals surface area contributed by atoms with Gasteiger partial charge in [0, 0.05) is 17.1 Å². The van der Waals surface area contributed by atoms with Crippen molar-refractivity contribution in [3.8, 4) is 0 Å². The fraction of sp³-hybridized carbons (Fsp3) is 0.312. The number of piperidine rings is 1. The van der Waals surface area contributed by atoms with Crippen molar-refractivity contribution >= 4 is 44.8 Å². The van der Waals surface area contributed by atoms with Crippen molar-refractivity contribution in [3.63, 3.8) is 0 Å². The van der Waals surface area contributed by atoms with Gasteiger partial charge in [-0.3, -0.25) is 9.52 Å². The average molecular weight is 387 g/mol. The summed E-state index contributed by atoms with van der Waals surface area (Å²) in [7, 11) is -3.81. The molecular weight excluding hydrogens is 371 g/mol. The molecule has 1 amide bonds. The van der Waals surface area contributed by atoms with Crippen LogP contribution in [0.15, 0.2) is 41.6 Å². The van der Waals surface area contributed by atoms with Gasteiger partial charge < -0.3 is 5.32 Å². The number of hydrogen-bond donors (Lipinski definition) is 2. The van der Waals surface area contributed by atoms with Crippen LogP contribution in [0.5, 0.6) is 0 Å². The van der Waals surface area contributed by atoms with Crippen LogP contribution < -0.4 is 10.0 Å². The number of alkyl halides is 1. The number of fused-ring (bicyclic) bond motifs is 1. The number of benzene rings is 1. The first-order valence-electron chi connectivity index (χ1n) is 7.41. The molecule has 1 aromatic carbocycles. The summed E-state index contributed by atoms with van der Waals surface area (Å²) < 4.78 is 28.1. The van der Waals surface area contributed by atoms with E-state index in [1.807, 2.05) is 0 Å². The molecule has 2 aliphatic rings. The third kappa shape index (κ3) is 3.31. The van der Waals surface area contributed by atoms with Crippen LogP contribution in [0.3, 0.4) is 0 Å². The SMILES string of the molecule is Cc1c(Cl)cccc1NS(=O)(=O)C1C=C2NC(=O)CCC2=CC1Cl. The van der Waals surface area contributed by atoms with Gasteiger partial charge in [-0.2, -0.15) is 0 Å². The Kier molecular flexibility index (Phi) is 4.64. The summed E-state index contributed by atoms with van der Waals surface area (Å²) in [4.78, 5) is 11.5. The molecule has 0 bridgehead atoms. The molecule has 128 valence electrons. The summed E-state index contributed by atoms with van der Waals surface area (Å²) in [6.45, 7) is 1.73. The van der Waals surface area contributed by atoms with E-state index in [-0.39, 0.29) is 5.91 Å². The molecule has 5 nitrogen and oxygen atoms in total. The first kappa shape index (κ1) is 17.3. The molecule has 24 heavy (non-hydrogen) atoms. The maximum Gasteiger partial charge on any atom is 0.241 e. The van der Waals surface area contributed by atoms with Crippen molar-refractivity contribution < 1.29 is 13.2 Å². The Bertz CT molecular complexity index is 862. The normalized spacial score (nSPS) is 23.7. The van der Waals surface area contributed by atoms with Gasteiger partial charge in [-0.1, -0.05) is 23.7 Å². The summed E-state index contributed by atoms with van der Waals surface area (Å²) in [6, 6.07) is 5.00. The minimum atomic E-state index is -3.81. The van der Waals surface area contributed by atoms with E-state index in [1.165, 1.54) is 6.08 Å². The van der Waals surface area contributed by atoms with Crippen LogP contribution >= 0.6 is 23.2 Å².